The molecule has 1 atom stereocenters. The molecule has 2 rings (SSSR count). The minimum atomic E-state index is -0.469. The summed E-state index contributed by atoms with van der Waals surface area (Å²) in [6, 6.07) is 6.09. The lowest BCUT2D eigenvalue weighted by Gasteiger charge is -2.15. The molecule has 0 bridgehead atoms. The molecule has 3 heteroatoms. The van der Waals surface area contributed by atoms with Crippen molar-refractivity contribution in [3.63, 3.8) is 0 Å². The third-order valence-electron chi connectivity index (χ3n) is 3.90. The van der Waals surface area contributed by atoms with Gasteiger partial charge in [-0.3, -0.25) is 0 Å². The van der Waals surface area contributed by atoms with Gasteiger partial charge in [0.2, 0.25) is 0 Å². The second kappa shape index (κ2) is 8.20. The van der Waals surface area contributed by atoms with E-state index in [0.717, 1.165) is 24.3 Å². The molecule has 0 heterocycles. The maximum absolute atomic E-state index is 9.95. The highest BCUT2D eigenvalue weighted by Gasteiger charge is 2.08. The van der Waals surface area contributed by atoms with E-state index in [4.69, 9.17) is 4.74 Å². The average molecular weight is 289 g/mol. The summed E-state index contributed by atoms with van der Waals surface area (Å²) < 4.78 is 5.68. The van der Waals surface area contributed by atoms with Gasteiger partial charge in [0, 0.05) is 6.54 Å². The van der Waals surface area contributed by atoms with Gasteiger partial charge in [0.15, 0.2) is 0 Å². The first-order chi connectivity index (χ1) is 10.1. The second-order valence-electron chi connectivity index (χ2n) is 5.94. The molecule has 1 unspecified atom stereocenters. The van der Waals surface area contributed by atoms with E-state index >= 15 is 0 Å². The van der Waals surface area contributed by atoms with Crippen LogP contribution >= 0.6 is 0 Å². The summed E-state index contributed by atoms with van der Waals surface area (Å²) in [4.78, 5) is 0. The Morgan fingerprint density at radius 2 is 2.19 bits per heavy atom. The smallest absolute Gasteiger partial charge is 0.122 e. The Morgan fingerprint density at radius 3 is 2.90 bits per heavy atom. The van der Waals surface area contributed by atoms with E-state index in [-0.39, 0.29) is 0 Å². The zero-order chi connectivity index (χ0) is 15.1. The van der Waals surface area contributed by atoms with Crippen LogP contribution in [0.15, 0.2) is 29.8 Å². The van der Waals surface area contributed by atoms with Gasteiger partial charge in [0.05, 0.1) is 0 Å². The SMILES string of the molecule is Cc1ccc(OCC(O)CNCCC2=CCCC2)c(C)c1. The maximum Gasteiger partial charge on any atom is 0.122 e. The minimum Gasteiger partial charge on any atom is -0.491 e. The van der Waals surface area contributed by atoms with Crippen molar-refractivity contribution in [1.29, 1.82) is 0 Å². The Bertz CT molecular complexity index is 482. The molecule has 1 aromatic rings. The summed E-state index contributed by atoms with van der Waals surface area (Å²) in [5.74, 6) is 0.857. The first-order valence-corrected chi connectivity index (χ1v) is 7.92. The summed E-state index contributed by atoms with van der Waals surface area (Å²) in [6.45, 7) is 5.95. The predicted octanol–water partition coefficient (Wildman–Crippen LogP) is 3.13. The van der Waals surface area contributed by atoms with Crippen LogP contribution in [0.4, 0.5) is 0 Å². The highest BCUT2D eigenvalue weighted by Crippen LogP contribution is 2.20. The van der Waals surface area contributed by atoms with E-state index in [2.05, 4.69) is 24.4 Å². The van der Waals surface area contributed by atoms with Gasteiger partial charge in [-0.1, -0.05) is 29.3 Å². The van der Waals surface area contributed by atoms with Crippen molar-refractivity contribution in [3.05, 3.63) is 41.0 Å². The summed E-state index contributed by atoms with van der Waals surface area (Å²) >= 11 is 0. The number of aryl methyl sites for hydroxylation is 2. The van der Waals surface area contributed by atoms with Gasteiger partial charge in [-0.2, -0.15) is 0 Å². The summed E-state index contributed by atoms with van der Waals surface area (Å²) in [5.41, 5.74) is 3.90. The van der Waals surface area contributed by atoms with Gasteiger partial charge in [0.25, 0.3) is 0 Å². The standard InChI is InChI=1S/C18H27NO2/c1-14-7-8-18(15(2)11-14)21-13-17(20)12-19-10-9-16-5-3-4-6-16/h5,7-8,11,17,19-20H,3-4,6,9-10,12-13H2,1-2H3. The van der Waals surface area contributed by atoms with Crippen LogP contribution in [0, 0.1) is 13.8 Å². The molecule has 1 aliphatic rings. The lowest BCUT2D eigenvalue weighted by molar-refractivity contribution is 0.106. The van der Waals surface area contributed by atoms with Crippen molar-refractivity contribution >= 4 is 0 Å². The fourth-order valence-electron chi connectivity index (χ4n) is 2.69. The zero-order valence-electron chi connectivity index (χ0n) is 13.2. The van der Waals surface area contributed by atoms with Gasteiger partial charge in [-0.25, -0.2) is 0 Å². The number of aliphatic hydroxyl groups excluding tert-OH is 1. The van der Waals surface area contributed by atoms with Crippen molar-refractivity contribution < 1.29 is 9.84 Å². The Kier molecular flexibility index (Phi) is 6.27. The molecule has 0 aliphatic heterocycles. The molecule has 0 spiro atoms. The van der Waals surface area contributed by atoms with E-state index in [1.807, 2.05) is 19.1 Å². The van der Waals surface area contributed by atoms with E-state index in [9.17, 15) is 5.11 Å². The first-order valence-electron chi connectivity index (χ1n) is 7.92. The molecule has 0 saturated heterocycles. The van der Waals surface area contributed by atoms with Crippen LogP contribution in [-0.4, -0.2) is 30.9 Å². The van der Waals surface area contributed by atoms with Crippen LogP contribution in [0.25, 0.3) is 0 Å². The topological polar surface area (TPSA) is 41.5 Å². The molecule has 21 heavy (non-hydrogen) atoms. The quantitative estimate of drug-likeness (QED) is 0.570. The Labute approximate surface area is 128 Å². The Hall–Kier alpha value is -1.32. The highest BCUT2D eigenvalue weighted by molar-refractivity contribution is 5.35. The van der Waals surface area contributed by atoms with Crippen LogP contribution in [0.5, 0.6) is 5.75 Å². The Morgan fingerprint density at radius 1 is 1.33 bits per heavy atom. The van der Waals surface area contributed by atoms with E-state index < -0.39 is 6.10 Å². The first kappa shape index (κ1) is 16.1. The third-order valence-corrected chi connectivity index (χ3v) is 3.90. The van der Waals surface area contributed by atoms with E-state index in [1.54, 1.807) is 5.57 Å². The maximum atomic E-state index is 9.95. The average Bonchev–Trinajstić information content (AvgIpc) is 2.96. The molecule has 1 aliphatic carbocycles. The van der Waals surface area contributed by atoms with Gasteiger partial charge < -0.3 is 15.2 Å². The molecular formula is C18H27NO2. The highest BCUT2D eigenvalue weighted by atomic mass is 16.5. The lowest BCUT2D eigenvalue weighted by atomic mass is 10.1. The summed E-state index contributed by atoms with van der Waals surface area (Å²) in [7, 11) is 0. The normalized spacial score (nSPS) is 15.9. The molecule has 1 aromatic carbocycles. The molecule has 116 valence electrons. The van der Waals surface area contributed by atoms with Crippen molar-refractivity contribution in [3.8, 4) is 5.75 Å². The number of rotatable bonds is 8. The number of allylic oxidation sites excluding steroid dienone is 1. The number of nitrogens with one attached hydrogen (secondary N) is 1. The van der Waals surface area contributed by atoms with Gasteiger partial charge >= 0.3 is 0 Å². The number of aliphatic hydroxyl groups is 1. The fraction of sp³-hybridized carbons (Fsp3) is 0.556. The molecule has 0 fully saturated rings. The van der Waals surface area contributed by atoms with Crippen molar-refractivity contribution in [2.45, 2.75) is 45.6 Å². The number of hydrogen-bond donors (Lipinski definition) is 2. The van der Waals surface area contributed by atoms with Crippen molar-refractivity contribution in [1.82, 2.24) is 5.32 Å². The second-order valence-corrected chi connectivity index (χ2v) is 5.94. The van der Waals surface area contributed by atoms with Crippen LogP contribution in [0.3, 0.4) is 0 Å². The Balaban J connectivity index is 1.61. The zero-order valence-corrected chi connectivity index (χ0v) is 13.2. The van der Waals surface area contributed by atoms with Crippen molar-refractivity contribution in [2.24, 2.45) is 0 Å². The van der Waals surface area contributed by atoms with Crippen LogP contribution in [0.1, 0.15) is 36.8 Å². The number of benzene rings is 1. The largest absolute Gasteiger partial charge is 0.491 e. The summed E-state index contributed by atoms with van der Waals surface area (Å²) in [5, 5.41) is 13.2. The molecule has 0 amide bonds. The van der Waals surface area contributed by atoms with Crippen LogP contribution in [-0.2, 0) is 0 Å². The molecule has 0 saturated carbocycles. The van der Waals surface area contributed by atoms with Gasteiger partial charge in [0.1, 0.15) is 18.5 Å². The lowest BCUT2D eigenvalue weighted by Crippen LogP contribution is -2.32. The molecular weight excluding hydrogens is 262 g/mol. The minimum absolute atomic E-state index is 0.333. The molecule has 0 radical (unpaired) electrons. The van der Waals surface area contributed by atoms with Gasteiger partial charge in [-0.15, -0.1) is 0 Å². The molecule has 2 N–H and O–H groups in total. The molecule has 0 aromatic heterocycles. The number of hydrogen-bond acceptors (Lipinski definition) is 3. The van der Waals surface area contributed by atoms with Crippen molar-refractivity contribution in [2.75, 3.05) is 19.7 Å². The third kappa shape index (κ3) is 5.52. The monoisotopic (exact) mass is 289 g/mol. The van der Waals surface area contributed by atoms with E-state index in [0.29, 0.717) is 13.2 Å². The van der Waals surface area contributed by atoms with E-state index in [1.165, 1.54) is 24.8 Å². The predicted molar refractivity (Wildman–Crippen MR) is 86.8 cm³/mol. The fourth-order valence-corrected chi connectivity index (χ4v) is 2.69. The van der Waals surface area contributed by atoms with Crippen LogP contribution in [0.2, 0.25) is 0 Å². The van der Waals surface area contributed by atoms with Gasteiger partial charge in [-0.05, 0) is 57.7 Å². The van der Waals surface area contributed by atoms with Crippen LogP contribution < -0.4 is 10.1 Å². The molecule has 3 nitrogen and oxygen atoms in total. The number of ether oxygens (including phenoxy) is 1. The summed E-state index contributed by atoms with van der Waals surface area (Å²) in [6.07, 6.45) is 6.78.